The minimum absolute atomic E-state index is 0.458. The van der Waals surface area contributed by atoms with Crippen molar-refractivity contribution in [1.29, 1.82) is 0 Å². The molecule has 1 atom stereocenters. The van der Waals surface area contributed by atoms with Crippen molar-refractivity contribution in [2.24, 2.45) is 0 Å². The highest BCUT2D eigenvalue weighted by molar-refractivity contribution is 4.86. The summed E-state index contributed by atoms with van der Waals surface area (Å²) in [5.74, 6) is 0. The summed E-state index contributed by atoms with van der Waals surface area (Å²) in [5.41, 5.74) is -0.458. The maximum Gasteiger partial charge on any atom is 0.228 e. The van der Waals surface area contributed by atoms with E-state index in [1.807, 2.05) is 0 Å². The first-order chi connectivity index (χ1) is 2.63. The molecule has 0 aliphatic carbocycles. The van der Waals surface area contributed by atoms with Gasteiger partial charge in [0.15, 0.2) is 0 Å². The highest BCUT2D eigenvalue weighted by Gasteiger charge is 2.48. The highest BCUT2D eigenvalue weighted by Crippen LogP contribution is 2.35. The van der Waals surface area contributed by atoms with Gasteiger partial charge in [0.05, 0.1) is 0 Å². The molecule has 0 amide bonds. The van der Waals surface area contributed by atoms with Crippen molar-refractivity contribution in [2.45, 2.75) is 25.8 Å². The van der Waals surface area contributed by atoms with Crippen LogP contribution < -0.4 is 0 Å². The van der Waals surface area contributed by atoms with Gasteiger partial charge in [-0.05, 0) is 13.8 Å². The Bertz CT molecular complexity index is 69.9. The van der Waals surface area contributed by atoms with Crippen LogP contribution in [0, 0.1) is 0 Å². The minimum Gasteiger partial charge on any atom is -0.334 e. The second-order valence-electron chi connectivity index (χ2n) is 2.04. The number of alkyl halides is 1. The monoisotopic (exact) mass is 90.0 g/mol. The van der Waals surface area contributed by atoms with Gasteiger partial charge in [0, 0.05) is 0 Å². The fourth-order valence-corrected chi connectivity index (χ4v) is 0.233. The SMILES string of the molecule is CC1(C)OC1F. The van der Waals surface area contributed by atoms with E-state index >= 15 is 0 Å². The fraction of sp³-hybridized carbons (Fsp3) is 1.00. The molecule has 36 valence electrons. The summed E-state index contributed by atoms with van der Waals surface area (Å²) in [6.45, 7) is 3.44. The van der Waals surface area contributed by atoms with Crippen LogP contribution in [0.15, 0.2) is 0 Å². The Balaban J connectivity index is 2.41. The van der Waals surface area contributed by atoms with E-state index in [4.69, 9.17) is 0 Å². The molecule has 0 aromatic rings. The fourth-order valence-electron chi connectivity index (χ4n) is 0.233. The topological polar surface area (TPSA) is 12.5 Å². The molecule has 0 aromatic carbocycles. The smallest absolute Gasteiger partial charge is 0.228 e. The van der Waals surface area contributed by atoms with Crippen LogP contribution in [0.2, 0.25) is 0 Å². The Morgan fingerprint density at radius 1 is 1.67 bits per heavy atom. The number of ether oxygens (including phenoxy) is 1. The van der Waals surface area contributed by atoms with Crippen molar-refractivity contribution in [3.8, 4) is 0 Å². The largest absolute Gasteiger partial charge is 0.334 e. The van der Waals surface area contributed by atoms with Crippen LogP contribution >= 0.6 is 0 Å². The lowest BCUT2D eigenvalue weighted by molar-refractivity contribution is 0.254. The van der Waals surface area contributed by atoms with E-state index < -0.39 is 12.0 Å². The Morgan fingerprint density at radius 2 is 1.83 bits per heavy atom. The van der Waals surface area contributed by atoms with E-state index in [2.05, 4.69) is 4.74 Å². The quantitative estimate of drug-likeness (QED) is 0.405. The second-order valence-corrected chi connectivity index (χ2v) is 2.04. The van der Waals surface area contributed by atoms with Gasteiger partial charge in [-0.1, -0.05) is 0 Å². The lowest BCUT2D eigenvalue weighted by Gasteiger charge is -1.81. The molecule has 1 fully saturated rings. The van der Waals surface area contributed by atoms with Gasteiger partial charge in [-0.15, -0.1) is 0 Å². The van der Waals surface area contributed by atoms with Crippen molar-refractivity contribution in [2.75, 3.05) is 0 Å². The molecule has 0 aromatic heterocycles. The van der Waals surface area contributed by atoms with Gasteiger partial charge in [0.25, 0.3) is 0 Å². The predicted octanol–water partition coefficient (Wildman–Crippen LogP) is 1.09. The van der Waals surface area contributed by atoms with Gasteiger partial charge < -0.3 is 4.74 Å². The van der Waals surface area contributed by atoms with E-state index in [9.17, 15) is 4.39 Å². The first kappa shape index (κ1) is 4.06. The van der Waals surface area contributed by atoms with Crippen molar-refractivity contribution in [3.63, 3.8) is 0 Å². The maximum atomic E-state index is 11.7. The zero-order valence-electron chi connectivity index (χ0n) is 3.86. The van der Waals surface area contributed by atoms with Crippen LogP contribution in [0.3, 0.4) is 0 Å². The van der Waals surface area contributed by atoms with Crippen LogP contribution in [0.5, 0.6) is 0 Å². The predicted molar refractivity (Wildman–Crippen MR) is 20.1 cm³/mol. The molecular formula is C4H7FO. The third-order valence-electron chi connectivity index (χ3n) is 0.897. The third-order valence-corrected chi connectivity index (χ3v) is 0.897. The van der Waals surface area contributed by atoms with Crippen molar-refractivity contribution in [1.82, 2.24) is 0 Å². The average Bonchev–Trinajstić information content (AvgIpc) is 1.73. The molecule has 0 bridgehead atoms. The highest BCUT2D eigenvalue weighted by atomic mass is 19.2. The Kier molecular flexibility index (Phi) is 0.512. The molecule has 1 aliphatic heterocycles. The normalized spacial score (nSPS) is 39.5. The van der Waals surface area contributed by atoms with Crippen molar-refractivity contribution in [3.05, 3.63) is 0 Å². The Morgan fingerprint density at radius 3 is 1.83 bits per heavy atom. The Hall–Kier alpha value is -0.110. The van der Waals surface area contributed by atoms with Gasteiger partial charge in [-0.2, -0.15) is 0 Å². The maximum absolute atomic E-state index is 11.7. The molecule has 1 saturated heterocycles. The summed E-state index contributed by atoms with van der Waals surface area (Å²) in [5, 5.41) is 0. The number of halogens is 1. The number of epoxide rings is 1. The van der Waals surface area contributed by atoms with E-state index in [0.29, 0.717) is 0 Å². The van der Waals surface area contributed by atoms with Crippen LogP contribution in [-0.4, -0.2) is 12.0 Å². The zero-order chi connectivity index (χ0) is 4.78. The number of rotatable bonds is 0. The lowest BCUT2D eigenvalue weighted by atomic mass is 10.2. The Labute approximate surface area is 36.1 Å². The van der Waals surface area contributed by atoms with Crippen LogP contribution in [0.4, 0.5) is 4.39 Å². The summed E-state index contributed by atoms with van der Waals surface area (Å²) < 4.78 is 16.1. The summed E-state index contributed by atoms with van der Waals surface area (Å²) in [4.78, 5) is 0. The molecule has 1 unspecified atom stereocenters. The number of hydrogen-bond donors (Lipinski definition) is 0. The minimum atomic E-state index is -1.00. The summed E-state index contributed by atoms with van der Waals surface area (Å²) >= 11 is 0. The molecule has 1 rings (SSSR count). The molecule has 1 aliphatic rings. The molecule has 2 heteroatoms. The van der Waals surface area contributed by atoms with Gasteiger partial charge >= 0.3 is 0 Å². The van der Waals surface area contributed by atoms with Gasteiger partial charge in [0.2, 0.25) is 6.36 Å². The molecular weight excluding hydrogens is 83.0 g/mol. The molecule has 1 heterocycles. The zero-order valence-corrected chi connectivity index (χ0v) is 3.86. The lowest BCUT2D eigenvalue weighted by Crippen LogP contribution is -1.96. The van der Waals surface area contributed by atoms with Gasteiger partial charge in [-0.3, -0.25) is 0 Å². The second kappa shape index (κ2) is 0.757. The summed E-state index contributed by atoms with van der Waals surface area (Å²) in [6.07, 6.45) is -1.00. The van der Waals surface area contributed by atoms with E-state index in [-0.39, 0.29) is 0 Å². The van der Waals surface area contributed by atoms with E-state index in [0.717, 1.165) is 0 Å². The van der Waals surface area contributed by atoms with Gasteiger partial charge in [-0.25, -0.2) is 4.39 Å². The van der Waals surface area contributed by atoms with E-state index in [1.165, 1.54) is 0 Å². The van der Waals surface area contributed by atoms with Crippen molar-refractivity contribution >= 4 is 0 Å². The standard InChI is InChI=1S/C4H7FO/c1-4(2)3(5)6-4/h3H,1-2H3. The first-order valence-electron chi connectivity index (χ1n) is 1.95. The van der Waals surface area contributed by atoms with Crippen LogP contribution in [-0.2, 0) is 4.74 Å². The first-order valence-corrected chi connectivity index (χ1v) is 1.95. The molecule has 0 radical (unpaired) electrons. The molecule has 0 saturated carbocycles. The summed E-state index contributed by atoms with van der Waals surface area (Å²) in [6, 6.07) is 0. The van der Waals surface area contributed by atoms with Crippen molar-refractivity contribution < 1.29 is 9.13 Å². The third kappa shape index (κ3) is 0.411. The molecule has 0 spiro atoms. The molecule has 1 nitrogen and oxygen atoms in total. The average molecular weight is 90.1 g/mol. The molecule has 0 N–H and O–H groups in total. The van der Waals surface area contributed by atoms with Crippen LogP contribution in [0.25, 0.3) is 0 Å². The van der Waals surface area contributed by atoms with E-state index in [1.54, 1.807) is 13.8 Å². The van der Waals surface area contributed by atoms with Crippen LogP contribution in [0.1, 0.15) is 13.8 Å². The molecule has 6 heavy (non-hydrogen) atoms. The van der Waals surface area contributed by atoms with Gasteiger partial charge in [0.1, 0.15) is 5.60 Å². The summed E-state index contributed by atoms with van der Waals surface area (Å²) in [7, 11) is 0. The number of hydrogen-bond acceptors (Lipinski definition) is 1.